The van der Waals surface area contributed by atoms with Crippen molar-refractivity contribution >= 4 is 11.9 Å². The first-order chi connectivity index (χ1) is 18.6. The summed E-state index contributed by atoms with van der Waals surface area (Å²) in [4.78, 5) is 27.6. The summed E-state index contributed by atoms with van der Waals surface area (Å²) >= 11 is 0. The maximum absolute atomic E-state index is 12.8. The molecule has 4 rings (SSSR count). The Bertz CT molecular complexity index is 1130. The number of aryl methyl sites for hydroxylation is 1. The van der Waals surface area contributed by atoms with E-state index in [9.17, 15) is 9.59 Å². The molecule has 1 heterocycles. The van der Waals surface area contributed by atoms with E-state index in [0.29, 0.717) is 31.8 Å². The van der Waals surface area contributed by atoms with Gasteiger partial charge in [-0.2, -0.15) is 0 Å². The number of nitrogens with one attached hydrogen (secondary N) is 1. The highest BCUT2D eigenvalue weighted by Gasteiger charge is 2.25. The van der Waals surface area contributed by atoms with E-state index < -0.39 is 12.0 Å². The second kappa shape index (κ2) is 14.3. The van der Waals surface area contributed by atoms with Crippen LogP contribution in [0.1, 0.15) is 42.4 Å². The van der Waals surface area contributed by atoms with Crippen LogP contribution in [-0.2, 0) is 33.9 Å². The summed E-state index contributed by atoms with van der Waals surface area (Å²) < 4.78 is 10.8. The minimum absolute atomic E-state index is 0.0773. The van der Waals surface area contributed by atoms with Crippen molar-refractivity contribution in [3.8, 4) is 5.75 Å². The molecule has 200 valence electrons. The van der Waals surface area contributed by atoms with Gasteiger partial charge >= 0.3 is 5.97 Å². The molecule has 0 unspecified atom stereocenters. The van der Waals surface area contributed by atoms with E-state index in [2.05, 4.69) is 34.5 Å². The third kappa shape index (κ3) is 8.73. The lowest BCUT2D eigenvalue weighted by molar-refractivity contribution is -0.145. The smallest absolute Gasteiger partial charge is 0.328 e. The molecule has 0 radical (unpaired) electrons. The first kappa shape index (κ1) is 27.4. The van der Waals surface area contributed by atoms with Crippen molar-refractivity contribution in [2.24, 2.45) is 5.92 Å². The Morgan fingerprint density at radius 2 is 1.50 bits per heavy atom. The predicted octanol–water partition coefficient (Wildman–Crippen LogP) is 5.16. The SMILES string of the molecule is COC(=O)[C@H](CCc1ccc(OCc2ccccc2)cc1)NC(=O)CC1CCN(Cc2ccccc2)CC1. The molecule has 1 aliphatic rings. The lowest BCUT2D eigenvalue weighted by atomic mass is 9.92. The van der Waals surface area contributed by atoms with Gasteiger partial charge in [-0.1, -0.05) is 72.8 Å². The number of ether oxygens (including phenoxy) is 2. The zero-order chi connectivity index (χ0) is 26.6. The van der Waals surface area contributed by atoms with Gasteiger partial charge in [-0.3, -0.25) is 9.69 Å². The largest absolute Gasteiger partial charge is 0.489 e. The number of rotatable bonds is 12. The van der Waals surface area contributed by atoms with Crippen molar-refractivity contribution in [1.29, 1.82) is 0 Å². The van der Waals surface area contributed by atoms with Gasteiger partial charge < -0.3 is 14.8 Å². The number of hydrogen-bond acceptors (Lipinski definition) is 5. The van der Waals surface area contributed by atoms with Crippen LogP contribution in [-0.4, -0.2) is 43.0 Å². The first-order valence-corrected chi connectivity index (χ1v) is 13.5. The van der Waals surface area contributed by atoms with Crippen molar-refractivity contribution in [2.45, 2.75) is 51.3 Å². The van der Waals surface area contributed by atoms with Crippen molar-refractivity contribution in [1.82, 2.24) is 10.2 Å². The molecule has 0 spiro atoms. The minimum Gasteiger partial charge on any atom is -0.489 e. The fraction of sp³-hybridized carbons (Fsp3) is 0.375. The van der Waals surface area contributed by atoms with E-state index in [1.165, 1.54) is 12.7 Å². The molecular formula is C32H38N2O4. The van der Waals surface area contributed by atoms with Gasteiger partial charge in [0.15, 0.2) is 0 Å². The van der Waals surface area contributed by atoms with Crippen molar-refractivity contribution in [3.63, 3.8) is 0 Å². The highest BCUT2D eigenvalue weighted by Crippen LogP contribution is 2.22. The van der Waals surface area contributed by atoms with E-state index in [-0.39, 0.29) is 5.91 Å². The number of methoxy groups -OCH3 is 1. The van der Waals surface area contributed by atoms with Crippen molar-refractivity contribution in [2.75, 3.05) is 20.2 Å². The maximum Gasteiger partial charge on any atom is 0.328 e. The molecule has 1 atom stereocenters. The summed E-state index contributed by atoms with van der Waals surface area (Å²) in [5.41, 5.74) is 3.51. The Balaban J connectivity index is 1.20. The second-order valence-corrected chi connectivity index (χ2v) is 10.0. The number of carbonyl (C=O) groups is 2. The molecule has 0 aromatic heterocycles. The average molecular weight is 515 g/mol. The van der Waals surface area contributed by atoms with Crippen LogP contribution in [0.2, 0.25) is 0 Å². The summed E-state index contributed by atoms with van der Waals surface area (Å²) in [5, 5.41) is 2.93. The Morgan fingerprint density at radius 1 is 0.868 bits per heavy atom. The van der Waals surface area contributed by atoms with Crippen LogP contribution in [0.4, 0.5) is 0 Å². The van der Waals surface area contributed by atoms with Crippen LogP contribution >= 0.6 is 0 Å². The lowest BCUT2D eigenvalue weighted by Gasteiger charge is -2.32. The molecule has 1 aliphatic heterocycles. The molecule has 1 N–H and O–H groups in total. The van der Waals surface area contributed by atoms with Gasteiger partial charge in [0.05, 0.1) is 7.11 Å². The average Bonchev–Trinajstić information content (AvgIpc) is 2.96. The van der Waals surface area contributed by atoms with Crippen LogP contribution in [0.3, 0.4) is 0 Å². The number of esters is 1. The molecule has 1 fully saturated rings. The zero-order valence-electron chi connectivity index (χ0n) is 22.2. The van der Waals surface area contributed by atoms with Crippen molar-refractivity contribution in [3.05, 3.63) is 102 Å². The number of amides is 1. The molecule has 1 saturated heterocycles. The molecule has 3 aromatic carbocycles. The predicted molar refractivity (Wildman–Crippen MR) is 149 cm³/mol. The van der Waals surface area contributed by atoms with Crippen LogP contribution in [0, 0.1) is 5.92 Å². The van der Waals surface area contributed by atoms with Crippen LogP contribution in [0.25, 0.3) is 0 Å². The number of piperidine rings is 1. The Labute approximate surface area is 226 Å². The van der Waals surface area contributed by atoms with Gasteiger partial charge in [0, 0.05) is 13.0 Å². The van der Waals surface area contributed by atoms with E-state index in [0.717, 1.165) is 49.4 Å². The summed E-state index contributed by atoms with van der Waals surface area (Å²) in [6.07, 6.45) is 3.55. The number of nitrogens with zero attached hydrogens (tertiary/aromatic N) is 1. The second-order valence-electron chi connectivity index (χ2n) is 10.0. The van der Waals surface area contributed by atoms with E-state index >= 15 is 0 Å². The maximum atomic E-state index is 12.8. The summed E-state index contributed by atoms with van der Waals surface area (Å²) in [6.45, 7) is 3.43. The van der Waals surface area contributed by atoms with Gasteiger partial charge in [-0.15, -0.1) is 0 Å². The fourth-order valence-electron chi connectivity index (χ4n) is 4.90. The quantitative estimate of drug-likeness (QED) is 0.338. The van der Waals surface area contributed by atoms with Crippen LogP contribution < -0.4 is 10.1 Å². The van der Waals surface area contributed by atoms with E-state index in [4.69, 9.17) is 9.47 Å². The van der Waals surface area contributed by atoms with E-state index in [1.54, 1.807) is 0 Å². The minimum atomic E-state index is -0.653. The molecule has 0 bridgehead atoms. The third-order valence-corrected chi connectivity index (χ3v) is 7.14. The summed E-state index contributed by atoms with van der Waals surface area (Å²) in [5.74, 6) is 0.652. The van der Waals surface area contributed by atoms with Crippen LogP contribution in [0.5, 0.6) is 5.75 Å². The third-order valence-electron chi connectivity index (χ3n) is 7.14. The lowest BCUT2D eigenvalue weighted by Crippen LogP contribution is -2.43. The zero-order valence-corrected chi connectivity index (χ0v) is 22.2. The Morgan fingerprint density at radius 3 is 2.13 bits per heavy atom. The highest BCUT2D eigenvalue weighted by molar-refractivity contribution is 5.84. The molecule has 0 aliphatic carbocycles. The summed E-state index contributed by atoms with van der Waals surface area (Å²) in [7, 11) is 1.36. The molecule has 6 nitrogen and oxygen atoms in total. The topological polar surface area (TPSA) is 67.9 Å². The van der Waals surface area contributed by atoms with E-state index in [1.807, 2.05) is 60.7 Å². The monoisotopic (exact) mass is 514 g/mol. The first-order valence-electron chi connectivity index (χ1n) is 13.5. The molecule has 3 aromatic rings. The molecular weight excluding hydrogens is 476 g/mol. The molecule has 1 amide bonds. The number of carbonyl (C=O) groups excluding carboxylic acids is 2. The van der Waals surface area contributed by atoms with Gasteiger partial charge in [0.1, 0.15) is 18.4 Å². The Hall–Kier alpha value is -3.64. The molecule has 0 saturated carbocycles. The summed E-state index contributed by atoms with van der Waals surface area (Å²) in [6, 6.07) is 27.7. The van der Waals surface area contributed by atoms with Crippen LogP contribution in [0.15, 0.2) is 84.9 Å². The highest BCUT2D eigenvalue weighted by atomic mass is 16.5. The number of benzene rings is 3. The number of hydrogen-bond donors (Lipinski definition) is 1. The molecule has 38 heavy (non-hydrogen) atoms. The van der Waals surface area contributed by atoms with Gasteiger partial charge in [0.2, 0.25) is 5.91 Å². The van der Waals surface area contributed by atoms with Gasteiger partial charge in [-0.05, 0) is 73.5 Å². The standard InChI is InChI=1S/C32H38N2O4/c1-37-32(36)30(17-14-25-12-15-29(16-13-25)38-24-28-10-6-3-7-11-28)33-31(35)22-26-18-20-34(21-19-26)23-27-8-4-2-5-9-27/h2-13,15-16,26,30H,14,17-24H2,1H3,(H,33,35)/t30-/m0/s1. The fourth-order valence-corrected chi connectivity index (χ4v) is 4.90. The number of likely N-dealkylation sites (tertiary alicyclic amines) is 1. The normalized spacial score (nSPS) is 15.0. The Kier molecular flexibility index (Phi) is 10.3. The van der Waals surface area contributed by atoms with Crippen molar-refractivity contribution < 1.29 is 19.1 Å². The molecule has 6 heteroatoms. The van der Waals surface area contributed by atoms with Gasteiger partial charge in [0.25, 0.3) is 0 Å². The van der Waals surface area contributed by atoms with Gasteiger partial charge in [-0.25, -0.2) is 4.79 Å².